The minimum Gasteiger partial charge on any atom is -0.337 e. The minimum absolute atomic E-state index is 0. The van der Waals surface area contributed by atoms with Gasteiger partial charge in [-0.2, -0.15) is 0 Å². The maximum absolute atomic E-state index is 12.6. The number of likely N-dealkylation sites (tertiary alicyclic amines) is 1. The average Bonchev–Trinajstić information content (AvgIpc) is 3.04. The van der Waals surface area contributed by atoms with Crippen LogP contribution in [0.3, 0.4) is 0 Å². The fourth-order valence-electron chi connectivity index (χ4n) is 3.33. The molecule has 1 aromatic carbocycles. The van der Waals surface area contributed by atoms with Gasteiger partial charge in [-0.3, -0.25) is 4.79 Å². The Kier molecular flexibility index (Phi) is 6.78. The summed E-state index contributed by atoms with van der Waals surface area (Å²) in [5, 5.41) is 2.81. The van der Waals surface area contributed by atoms with Gasteiger partial charge in [0.25, 0.3) is 5.91 Å². The molecular weight excluding hydrogens is 342 g/mol. The second kappa shape index (κ2) is 8.60. The summed E-state index contributed by atoms with van der Waals surface area (Å²) in [7, 11) is 0. The number of aromatic nitrogens is 1. The van der Waals surface area contributed by atoms with Gasteiger partial charge in [-0.05, 0) is 30.4 Å². The summed E-state index contributed by atoms with van der Waals surface area (Å²) in [4.78, 5) is 19.0. The van der Waals surface area contributed by atoms with Crippen molar-refractivity contribution in [3.63, 3.8) is 0 Å². The van der Waals surface area contributed by atoms with E-state index in [1.807, 2.05) is 16.3 Å². The topological polar surface area (TPSA) is 59.2 Å². The maximum atomic E-state index is 12.6. The highest BCUT2D eigenvalue weighted by Gasteiger charge is 2.30. The number of amides is 1. The summed E-state index contributed by atoms with van der Waals surface area (Å²) in [6.45, 7) is 4.40. The first kappa shape index (κ1) is 18.9. The second-order valence-corrected chi connectivity index (χ2v) is 7.14. The van der Waals surface area contributed by atoms with Crippen molar-refractivity contribution in [2.45, 2.75) is 25.7 Å². The standard InChI is InChI=1S/C18H23N3OS.ClH/c1-13-11-21(10-8-15(13)14-5-3-2-4-6-14)18(22)16-12-23-17(20-16)7-9-19;/h2-6,12-13,15H,7-11,19H2,1H3;1H. The molecule has 0 aliphatic carbocycles. The molecule has 0 bridgehead atoms. The highest BCUT2D eigenvalue weighted by molar-refractivity contribution is 7.09. The largest absolute Gasteiger partial charge is 0.337 e. The Bertz CT molecular complexity index is 661. The number of hydrogen-bond acceptors (Lipinski definition) is 4. The molecule has 24 heavy (non-hydrogen) atoms. The van der Waals surface area contributed by atoms with Crippen molar-refractivity contribution in [1.82, 2.24) is 9.88 Å². The normalized spacial score (nSPS) is 20.5. The van der Waals surface area contributed by atoms with Gasteiger partial charge in [0.2, 0.25) is 0 Å². The number of carbonyl (C=O) groups excluding carboxylic acids is 1. The third-order valence-electron chi connectivity index (χ3n) is 4.55. The molecule has 1 aromatic heterocycles. The Labute approximate surface area is 153 Å². The van der Waals surface area contributed by atoms with E-state index in [4.69, 9.17) is 5.73 Å². The van der Waals surface area contributed by atoms with Crippen LogP contribution in [0.4, 0.5) is 0 Å². The fraction of sp³-hybridized carbons (Fsp3) is 0.444. The first-order valence-corrected chi connectivity index (χ1v) is 9.05. The predicted molar refractivity (Wildman–Crippen MR) is 101 cm³/mol. The van der Waals surface area contributed by atoms with Gasteiger partial charge in [0.1, 0.15) is 5.69 Å². The summed E-state index contributed by atoms with van der Waals surface area (Å²) in [6.07, 6.45) is 1.75. The van der Waals surface area contributed by atoms with Crippen LogP contribution in [-0.4, -0.2) is 35.4 Å². The van der Waals surface area contributed by atoms with Crippen molar-refractivity contribution < 1.29 is 4.79 Å². The highest BCUT2D eigenvalue weighted by atomic mass is 35.5. The van der Waals surface area contributed by atoms with Crippen molar-refractivity contribution in [2.75, 3.05) is 19.6 Å². The van der Waals surface area contributed by atoms with Gasteiger partial charge < -0.3 is 10.6 Å². The van der Waals surface area contributed by atoms with E-state index in [0.717, 1.165) is 30.9 Å². The van der Waals surface area contributed by atoms with E-state index < -0.39 is 0 Å². The number of hydrogen-bond donors (Lipinski definition) is 1. The van der Waals surface area contributed by atoms with Crippen LogP contribution in [0.15, 0.2) is 35.7 Å². The second-order valence-electron chi connectivity index (χ2n) is 6.20. The number of carbonyl (C=O) groups is 1. The lowest BCUT2D eigenvalue weighted by Crippen LogP contribution is -2.42. The molecule has 0 radical (unpaired) electrons. The molecule has 1 aliphatic heterocycles. The van der Waals surface area contributed by atoms with E-state index in [1.165, 1.54) is 16.9 Å². The molecular formula is C18H24ClN3OS. The summed E-state index contributed by atoms with van der Waals surface area (Å²) in [5.74, 6) is 1.05. The fourth-order valence-corrected chi connectivity index (χ4v) is 4.12. The molecule has 2 heterocycles. The lowest BCUT2D eigenvalue weighted by Gasteiger charge is -2.37. The van der Waals surface area contributed by atoms with Crippen molar-refractivity contribution in [3.05, 3.63) is 52.0 Å². The van der Waals surface area contributed by atoms with E-state index in [-0.39, 0.29) is 18.3 Å². The van der Waals surface area contributed by atoms with Crippen LogP contribution in [-0.2, 0) is 6.42 Å². The summed E-state index contributed by atoms with van der Waals surface area (Å²) >= 11 is 1.53. The zero-order valence-electron chi connectivity index (χ0n) is 13.9. The van der Waals surface area contributed by atoms with Gasteiger partial charge in [-0.25, -0.2) is 4.98 Å². The molecule has 0 saturated carbocycles. The van der Waals surface area contributed by atoms with Crippen LogP contribution in [0.1, 0.15) is 40.3 Å². The first-order valence-electron chi connectivity index (χ1n) is 8.17. The molecule has 6 heteroatoms. The molecule has 2 atom stereocenters. The molecule has 1 saturated heterocycles. The van der Waals surface area contributed by atoms with Crippen LogP contribution < -0.4 is 5.73 Å². The molecule has 1 aliphatic rings. The van der Waals surface area contributed by atoms with E-state index in [9.17, 15) is 4.79 Å². The monoisotopic (exact) mass is 365 g/mol. The Morgan fingerprint density at radius 2 is 2.12 bits per heavy atom. The quantitative estimate of drug-likeness (QED) is 0.904. The number of rotatable bonds is 4. The van der Waals surface area contributed by atoms with Crippen LogP contribution in [0.2, 0.25) is 0 Å². The summed E-state index contributed by atoms with van der Waals surface area (Å²) < 4.78 is 0. The van der Waals surface area contributed by atoms with Crippen molar-refractivity contribution in [1.29, 1.82) is 0 Å². The molecule has 2 aromatic rings. The zero-order valence-corrected chi connectivity index (χ0v) is 15.5. The third kappa shape index (κ3) is 4.15. The van der Waals surface area contributed by atoms with Gasteiger partial charge >= 0.3 is 0 Å². The zero-order chi connectivity index (χ0) is 16.2. The summed E-state index contributed by atoms with van der Waals surface area (Å²) in [6, 6.07) is 10.6. The Morgan fingerprint density at radius 1 is 1.38 bits per heavy atom. The van der Waals surface area contributed by atoms with Crippen molar-refractivity contribution >= 4 is 29.7 Å². The number of nitrogens with two attached hydrogens (primary N) is 1. The Balaban J connectivity index is 0.00000208. The Hall–Kier alpha value is -1.43. The van der Waals surface area contributed by atoms with Gasteiger partial charge in [0, 0.05) is 24.9 Å². The first-order chi connectivity index (χ1) is 11.2. The third-order valence-corrected chi connectivity index (χ3v) is 5.46. The lowest BCUT2D eigenvalue weighted by molar-refractivity contribution is 0.0655. The number of benzene rings is 1. The lowest BCUT2D eigenvalue weighted by atomic mass is 9.81. The molecule has 130 valence electrons. The molecule has 3 rings (SSSR count). The smallest absolute Gasteiger partial charge is 0.273 e. The van der Waals surface area contributed by atoms with Gasteiger partial charge in [-0.1, -0.05) is 37.3 Å². The van der Waals surface area contributed by atoms with E-state index in [2.05, 4.69) is 36.2 Å². The molecule has 1 amide bonds. The van der Waals surface area contributed by atoms with E-state index in [1.54, 1.807) is 0 Å². The minimum atomic E-state index is 0. The summed E-state index contributed by atoms with van der Waals surface area (Å²) in [5.41, 5.74) is 7.50. The number of nitrogens with zero attached hydrogens (tertiary/aromatic N) is 2. The van der Waals surface area contributed by atoms with Gasteiger partial charge in [-0.15, -0.1) is 23.7 Å². The highest BCUT2D eigenvalue weighted by Crippen LogP contribution is 2.33. The molecule has 1 fully saturated rings. The van der Waals surface area contributed by atoms with Gasteiger partial charge in [0.15, 0.2) is 0 Å². The molecule has 2 N–H and O–H groups in total. The maximum Gasteiger partial charge on any atom is 0.273 e. The predicted octanol–water partition coefficient (Wildman–Crippen LogP) is 3.33. The van der Waals surface area contributed by atoms with Crippen LogP contribution in [0.5, 0.6) is 0 Å². The van der Waals surface area contributed by atoms with Crippen molar-refractivity contribution in [3.8, 4) is 0 Å². The molecule has 2 unspecified atom stereocenters. The average molecular weight is 366 g/mol. The number of halogens is 1. The number of piperidine rings is 1. The SMILES string of the molecule is CC1CN(C(=O)c2csc(CCN)n2)CCC1c1ccccc1.Cl. The van der Waals surface area contributed by atoms with Crippen LogP contribution >= 0.6 is 23.7 Å². The van der Waals surface area contributed by atoms with Crippen LogP contribution in [0, 0.1) is 5.92 Å². The van der Waals surface area contributed by atoms with Crippen LogP contribution in [0.25, 0.3) is 0 Å². The van der Waals surface area contributed by atoms with Gasteiger partial charge in [0.05, 0.1) is 5.01 Å². The molecule has 4 nitrogen and oxygen atoms in total. The van der Waals surface area contributed by atoms with E-state index in [0.29, 0.717) is 24.1 Å². The number of thiazole rings is 1. The molecule has 0 spiro atoms. The van der Waals surface area contributed by atoms with E-state index >= 15 is 0 Å². The Morgan fingerprint density at radius 3 is 2.79 bits per heavy atom. The van der Waals surface area contributed by atoms with Crippen molar-refractivity contribution in [2.24, 2.45) is 11.7 Å².